The molecule has 0 saturated carbocycles. The average molecular weight is 493 g/mol. The number of halogens is 1. The van der Waals surface area contributed by atoms with E-state index < -0.39 is 0 Å². The maximum Gasteiger partial charge on any atom is 0.193 e. The SMILES string of the molecule is CN=C(NCCC1=CCOCC1)N1CCC(OCC2CCCCO2)CC1.I. The molecule has 3 aliphatic rings. The number of nitrogens with one attached hydrogen (secondary N) is 1. The largest absolute Gasteiger partial charge is 0.377 e. The molecule has 3 rings (SSSR count). The van der Waals surface area contributed by atoms with E-state index in [-0.39, 0.29) is 24.0 Å². The van der Waals surface area contributed by atoms with Crippen LogP contribution >= 0.6 is 24.0 Å². The summed E-state index contributed by atoms with van der Waals surface area (Å²) in [5, 5.41) is 3.52. The first-order chi connectivity index (χ1) is 12.8. The summed E-state index contributed by atoms with van der Waals surface area (Å²) >= 11 is 0. The molecule has 0 amide bonds. The molecular formula is C20H36IN3O3. The van der Waals surface area contributed by atoms with Crippen LogP contribution in [0.1, 0.15) is 44.9 Å². The highest BCUT2D eigenvalue weighted by Gasteiger charge is 2.23. The molecule has 0 aromatic heterocycles. The number of nitrogens with zero attached hydrogens (tertiary/aromatic N) is 2. The molecule has 6 nitrogen and oxygen atoms in total. The van der Waals surface area contributed by atoms with Crippen molar-refractivity contribution in [1.82, 2.24) is 10.2 Å². The van der Waals surface area contributed by atoms with Gasteiger partial charge in [0.05, 0.1) is 32.0 Å². The van der Waals surface area contributed by atoms with E-state index in [4.69, 9.17) is 14.2 Å². The summed E-state index contributed by atoms with van der Waals surface area (Å²) in [5.74, 6) is 1.02. The number of rotatable bonds is 6. The Labute approximate surface area is 181 Å². The smallest absolute Gasteiger partial charge is 0.193 e. The van der Waals surface area contributed by atoms with Crippen molar-refractivity contribution in [2.24, 2.45) is 4.99 Å². The molecule has 0 aromatic carbocycles. The summed E-state index contributed by atoms with van der Waals surface area (Å²) in [6.07, 6.45) is 10.8. The first-order valence-electron chi connectivity index (χ1n) is 10.3. The lowest BCUT2D eigenvalue weighted by Gasteiger charge is -2.35. The van der Waals surface area contributed by atoms with E-state index in [2.05, 4.69) is 21.3 Å². The Balaban J connectivity index is 0.00000261. The Bertz CT molecular complexity index is 473. The molecule has 1 unspecified atom stereocenters. The number of ether oxygens (including phenoxy) is 3. The molecule has 2 saturated heterocycles. The molecule has 0 aromatic rings. The summed E-state index contributed by atoms with van der Waals surface area (Å²) in [5.41, 5.74) is 1.50. The zero-order chi connectivity index (χ0) is 18.0. The fourth-order valence-corrected chi connectivity index (χ4v) is 3.88. The van der Waals surface area contributed by atoms with Gasteiger partial charge in [0.15, 0.2) is 5.96 Å². The van der Waals surface area contributed by atoms with Gasteiger partial charge in [-0.25, -0.2) is 0 Å². The fourth-order valence-electron chi connectivity index (χ4n) is 3.88. The zero-order valence-corrected chi connectivity index (χ0v) is 19.0. The minimum absolute atomic E-state index is 0. The van der Waals surface area contributed by atoms with E-state index in [0.717, 1.165) is 84.1 Å². The van der Waals surface area contributed by atoms with Crippen LogP contribution in [0.5, 0.6) is 0 Å². The molecule has 7 heteroatoms. The third-order valence-electron chi connectivity index (χ3n) is 5.53. The Morgan fingerprint density at radius 1 is 1.26 bits per heavy atom. The average Bonchev–Trinajstić information content (AvgIpc) is 2.72. The molecule has 3 aliphatic heterocycles. The quantitative estimate of drug-likeness (QED) is 0.267. The Kier molecular flexibility index (Phi) is 11.0. The van der Waals surface area contributed by atoms with E-state index in [1.165, 1.54) is 18.4 Å². The highest BCUT2D eigenvalue weighted by molar-refractivity contribution is 14.0. The first-order valence-corrected chi connectivity index (χ1v) is 10.3. The summed E-state index contributed by atoms with van der Waals surface area (Å²) in [4.78, 5) is 6.82. The third kappa shape index (κ3) is 7.87. The van der Waals surface area contributed by atoms with Crippen LogP contribution in [0, 0.1) is 0 Å². The lowest BCUT2D eigenvalue weighted by Crippen LogP contribution is -2.47. The minimum Gasteiger partial charge on any atom is -0.377 e. The van der Waals surface area contributed by atoms with Crippen molar-refractivity contribution < 1.29 is 14.2 Å². The van der Waals surface area contributed by atoms with Crippen molar-refractivity contribution in [3.8, 4) is 0 Å². The predicted octanol–water partition coefficient (Wildman–Crippen LogP) is 2.97. The monoisotopic (exact) mass is 493 g/mol. The van der Waals surface area contributed by atoms with Crippen molar-refractivity contribution in [3.63, 3.8) is 0 Å². The molecule has 0 spiro atoms. The second-order valence-electron chi connectivity index (χ2n) is 7.42. The van der Waals surface area contributed by atoms with Crippen LogP contribution in [0.2, 0.25) is 0 Å². The number of aliphatic imine (C=N–C) groups is 1. The van der Waals surface area contributed by atoms with Gasteiger partial charge in [-0.3, -0.25) is 4.99 Å². The van der Waals surface area contributed by atoms with Gasteiger partial charge in [0.25, 0.3) is 0 Å². The lowest BCUT2D eigenvalue weighted by atomic mass is 10.1. The van der Waals surface area contributed by atoms with E-state index in [0.29, 0.717) is 12.2 Å². The van der Waals surface area contributed by atoms with E-state index >= 15 is 0 Å². The summed E-state index contributed by atoms with van der Waals surface area (Å²) in [6, 6.07) is 0. The molecule has 156 valence electrons. The van der Waals surface area contributed by atoms with Crippen LogP contribution < -0.4 is 5.32 Å². The van der Waals surface area contributed by atoms with Crippen molar-refractivity contribution >= 4 is 29.9 Å². The van der Waals surface area contributed by atoms with Crippen molar-refractivity contribution in [1.29, 1.82) is 0 Å². The number of hydrogen-bond donors (Lipinski definition) is 1. The highest BCUT2D eigenvalue weighted by atomic mass is 127. The minimum atomic E-state index is 0. The van der Waals surface area contributed by atoms with Gasteiger partial charge < -0.3 is 24.4 Å². The summed E-state index contributed by atoms with van der Waals surface area (Å²) < 4.78 is 17.2. The predicted molar refractivity (Wildman–Crippen MR) is 119 cm³/mol. The summed E-state index contributed by atoms with van der Waals surface area (Å²) in [7, 11) is 1.87. The standard InChI is InChI=1S/C20H35N3O3.HI/c1-21-20(22-10-5-17-8-14-24-15-9-17)23-11-6-18(7-12-23)26-16-19-4-2-3-13-25-19;/h8,18-19H,2-7,9-16H2,1H3,(H,21,22);1H. The normalized spacial score (nSPS) is 24.9. The van der Waals surface area contributed by atoms with Gasteiger partial charge in [-0.2, -0.15) is 0 Å². The molecular weight excluding hydrogens is 457 g/mol. The second-order valence-corrected chi connectivity index (χ2v) is 7.42. The van der Waals surface area contributed by atoms with Crippen LogP contribution in [0.25, 0.3) is 0 Å². The van der Waals surface area contributed by atoms with Gasteiger partial charge in [0, 0.05) is 33.3 Å². The van der Waals surface area contributed by atoms with E-state index in [9.17, 15) is 0 Å². The van der Waals surface area contributed by atoms with Crippen molar-refractivity contribution in [2.75, 3.05) is 53.1 Å². The zero-order valence-electron chi connectivity index (χ0n) is 16.7. The maximum atomic E-state index is 6.11. The third-order valence-corrected chi connectivity index (χ3v) is 5.53. The number of piperidine rings is 1. The van der Waals surface area contributed by atoms with Gasteiger partial charge in [-0.1, -0.05) is 11.6 Å². The first kappa shape index (κ1) is 22.9. The van der Waals surface area contributed by atoms with Gasteiger partial charge in [0.2, 0.25) is 0 Å². The fraction of sp³-hybridized carbons (Fsp3) is 0.850. The lowest BCUT2D eigenvalue weighted by molar-refractivity contribution is -0.0721. The van der Waals surface area contributed by atoms with Crippen LogP contribution in [-0.4, -0.2) is 76.2 Å². The van der Waals surface area contributed by atoms with Crippen molar-refractivity contribution in [2.45, 2.75) is 57.2 Å². The van der Waals surface area contributed by atoms with E-state index in [1.807, 2.05) is 7.05 Å². The molecule has 3 heterocycles. The van der Waals surface area contributed by atoms with Crippen LogP contribution in [0.3, 0.4) is 0 Å². The maximum absolute atomic E-state index is 6.11. The Morgan fingerprint density at radius 3 is 2.78 bits per heavy atom. The van der Waals surface area contributed by atoms with Gasteiger partial charge in [-0.05, 0) is 44.9 Å². The van der Waals surface area contributed by atoms with Gasteiger partial charge in [0.1, 0.15) is 0 Å². The number of likely N-dealkylation sites (tertiary alicyclic amines) is 1. The molecule has 27 heavy (non-hydrogen) atoms. The number of guanidine groups is 1. The van der Waals surface area contributed by atoms with Crippen LogP contribution in [0.4, 0.5) is 0 Å². The summed E-state index contributed by atoms with van der Waals surface area (Å²) in [6.45, 7) is 6.24. The molecule has 1 atom stereocenters. The highest BCUT2D eigenvalue weighted by Crippen LogP contribution is 2.18. The van der Waals surface area contributed by atoms with Crippen LogP contribution in [-0.2, 0) is 14.2 Å². The van der Waals surface area contributed by atoms with Gasteiger partial charge >= 0.3 is 0 Å². The molecule has 2 fully saturated rings. The molecule has 0 aliphatic carbocycles. The second kappa shape index (κ2) is 13.0. The molecule has 0 radical (unpaired) electrons. The van der Waals surface area contributed by atoms with E-state index in [1.54, 1.807) is 0 Å². The van der Waals surface area contributed by atoms with Crippen LogP contribution in [0.15, 0.2) is 16.6 Å². The molecule has 1 N–H and O–H groups in total. The number of hydrogen-bond acceptors (Lipinski definition) is 4. The Morgan fingerprint density at radius 2 is 2.11 bits per heavy atom. The van der Waals surface area contributed by atoms with Gasteiger partial charge in [-0.15, -0.1) is 24.0 Å². The van der Waals surface area contributed by atoms with Crippen molar-refractivity contribution in [3.05, 3.63) is 11.6 Å². The Hall–Kier alpha value is -0.380. The molecule has 0 bridgehead atoms. The topological polar surface area (TPSA) is 55.3 Å².